The van der Waals surface area contributed by atoms with Crippen LogP contribution in [0.4, 0.5) is 5.69 Å². The Hall–Kier alpha value is -5.61. The number of carbonyl (C=O) groups excluding carboxylic acids is 1. The number of carboxylic acids is 1. The number of hydrogen-bond donors (Lipinski definition) is 4. The maximum atomic E-state index is 12.8. The quantitative estimate of drug-likeness (QED) is 0.113. The Morgan fingerprint density at radius 3 is 2.19 bits per heavy atom. The summed E-state index contributed by atoms with van der Waals surface area (Å²) in [7, 11) is -3.85. The zero-order valence-corrected chi connectivity index (χ0v) is 26.5. The van der Waals surface area contributed by atoms with Crippen LogP contribution >= 0.6 is 0 Å². The molecule has 0 heterocycles. The summed E-state index contributed by atoms with van der Waals surface area (Å²) < 4.78 is 34.1. The number of sulfonamides is 1. The second-order valence-corrected chi connectivity index (χ2v) is 12.8. The summed E-state index contributed by atoms with van der Waals surface area (Å²) in [6.07, 6.45) is 0.528. The van der Waals surface area contributed by atoms with E-state index >= 15 is 0 Å². The van der Waals surface area contributed by atoms with Crippen molar-refractivity contribution in [3.05, 3.63) is 149 Å². The lowest BCUT2D eigenvalue weighted by Gasteiger charge is -2.13. The lowest BCUT2D eigenvalue weighted by molar-refractivity contribution is 0.0695. The Morgan fingerprint density at radius 1 is 0.787 bits per heavy atom. The number of carbonyl (C=O) groups is 2. The minimum atomic E-state index is -3.85. The van der Waals surface area contributed by atoms with Gasteiger partial charge >= 0.3 is 5.97 Å². The van der Waals surface area contributed by atoms with Gasteiger partial charge in [0.05, 0.1) is 17.9 Å². The fourth-order valence-electron chi connectivity index (χ4n) is 5.08. The second kappa shape index (κ2) is 14.7. The maximum Gasteiger partial charge on any atom is 0.335 e. The molecule has 0 saturated heterocycles. The number of hydrogen-bond acceptors (Lipinski definition) is 6. The van der Waals surface area contributed by atoms with E-state index in [2.05, 4.69) is 10.0 Å². The molecule has 240 valence electrons. The summed E-state index contributed by atoms with van der Waals surface area (Å²) in [6, 6.07) is 32.9. The number of benzene rings is 5. The minimum Gasteiger partial charge on any atom is -0.508 e. The lowest BCUT2D eigenvalue weighted by atomic mass is 10.0. The van der Waals surface area contributed by atoms with E-state index in [1.807, 2.05) is 55.5 Å². The van der Waals surface area contributed by atoms with Crippen molar-refractivity contribution >= 4 is 27.6 Å². The van der Waals surface area contributed by atoms with Gasteiger partial charge in [-0.1, -0.05) is 66.7 Å². The van der Waals surface area contributed by atoms with E-state index in [-0.39, 0.29) is 22.8 Å². The predicted molar refractivity (Wildman–Crippen MR) is 181 cm³/mol. The number of carboxylic acid groups (broad SMARTS) is 1. The van der Waals surface area contributed by atoms with Gasteiger partial charge in [-0.2, -0.15) is 0 Å². The highest BCUT2D eigenvalue weighted by atomic mass is 32.2. The average Bonchev–Trinajstić information content (AvgIpc) is 3.05. The molecule has 5 aromatic carbocycles. The zero-order valence-electron chi connectivity index (χ0n) is 25.6. The highest BCUT2D eigenvalue weighted by Gasteiger charge is 2.17. The third-order valence-electron chi connectivity index (χ3n) is 7.48. The van der Waals surface area contributed by atoms with Crippen LogP contribution < -0.4 is 14.8 Å². The van der Waals surface area contributed by atoms with Gasteiger partial charge in [-0.25, -0.2) is 13.2 Å². The summed E-state index contributed by atoms with van der Waals surface area (Å²) in [4.78, 5) is 24.2. The van der Waals surface area contributed by atoms with Crippen LogP contribution in [0.3, 0.4) is 0 Å². The number of anilines is 1. The van der Waals surface area contributed by atoms with Crippen LogP contribution in [-0.2, 0) is 28.7 Å². The largest absolute Gasteiger partial charge is 0.508 e. The standard InChI is InChI=1S/C37H34N2O7S/c1-25-21-27(23-38-36(41)30-12-10-28(11-13-30)29-14-16-33(40)17-15-29)9-18-35(25)46-20-19-26-5-4-7-32(22-26)39-47(44,45)24-31-6-2-3-8-34(31)37(42)43/h2-18,21-22,39-40H,19-20,23-24H2,1H3,(H,38,41)(H,42,43). The molecule has 0 fully saturated rings. The van der Waals surface area contributed by atoms with Crippen LogP contribution in [0.5, 0.6) is 11.5 Å². The molecule has 0 radical (unpaired) electrons. The van der Waals surface area contributed by atoms with E-state index in [4.69, 9.17) is 4.74 Å². The molecule has 0 atom stereocenters. The molecule has 0 aliphatic rings. The fourth-order valence-corrected chi connectivity index (χ4v) is 6.30. The van der Waals surface area contributed by atoms with Gasteiger partial charge in [0.1, 0.15) is 11.5 Å². The monoisotopic (exact) mass is 650 g/mol. The maximum absolute atomic E-state index is 12.8. The van der Waals surface area contributed by atoms with E-state index in [0.717, 1.165) is 27.8 Å². The van der Waals surface area contributed by atoms with Crippen molar-refractivity contribution in [3.8, 4) is 22.6 Å². The van der Waals surface area contributed by atoms with Crippen molar-refractivity contribution in [2.24, 2.45) is 0 Å². The topological polar surface area (TPSA) is 142 Å². The Bertz CT molecular complexity index is 1990. The Kier molecular flexibility index (Phi) is 10.2. The molecule has 47 heavy (non-hydrogen) atoms. The number of aryl methyl sites for hydroxylation is 1. The molecule has 0 aromatic heterocycles. The molecule has 10 heteroatoms. The number of aromatic carboxylic acids is 1. The summed E-state index contributed by atoms with van der Waals surface area (Å²) in [6.45, 7) is 2.64. The Morgan fingerprint density at radius 2 is 1.49 bits per heavy atom. The van der Waals surface area contributed by atoms with Crippen molar-refractivity contribution in [3.63, 3.8) is 0 Å². The first-order valence-corrected chi connectivity index (χ1v) is 16.5. The third-order valence-corrected chi connectivity index (χ3v) is 8.72. The van der Waals surface area contributed by atoms with Crippen molar-refractivity contribution in [2.75, 3.05) is 11.3 Å². The molecule has 0 aliphatic carbocycles. The number of phenolic OH excluding ortho intramolecular Hbond substituents is 1. The van der Waals surface area contributed by atoms with E-state index < -0.39 is 21.7 Å². The Labute approximate surface area is 273 Å². The molecule has 0 saturated carbocycles. The molecule has 0 aliphatic heterocycles. The molecular formula is C37H34N2O7S. The SMILES string of the molecule is Cc1cc(CNC(=O)c2ccc(-c3ccc(O)cc3)cc2)ccc1OCCc1cccc(NS(=O)(=O)Cc2ccccc2C(=O)O)c1. The number of nitrogens with one attached hydrogen (secondary N) is 2. The zero-order chi connectivity index (χ0) is 33.4. The molecule has 4 N–H and O–H groups in total. The van der Waals surface area contributed by atoms with Crippen LogP contribution in [0.1, 0.15) is 43.0 Å². The van der Waals surface area contributed by atoms with Crippen molar-refractivity contribution in [1.29, 1.82) is 0 Å². The van der Waals surface area contributed by atoms with Gasteiger partial charge in [0.25, 0.3) is 5.91 Å². The van der Waals surface area contributed by atoms with E-state index in [0.29, 0.717) is 36.6 Å². The normalized spacial score (nSPS) is 11.1. The van der Waals surface area contributed by atoms with E-state index in [1.54, 1.807) is 54.6 Å². The summed E-state index contributed by atoms with van der Waals surface area (Å²) in [5.74, 6) is -0.919. The highest BCUT2D eigenvalue weighted by Crippen LogP contribution is 2.23. The number of amides is 1. The molecule has 5 rings (SSSR count). The first-order valence-electron chi connectivity index (χ1n) is 14.9. The van der Waals surface area contributed by atoms with Crippen LogP contribution in [0, 0.1) is 6.92 Å². The first kappa shape index (κ1) is 32.8. The molecule has 5 aromatic rings. The van der Waals surface area contributed by atoms with Gasteiger partial charge in [0.15, 0.2) is 0 Å². The number of rotatable bonds is 13. The van der Waals surface area contributed by atoms with Gasteiger partial charge < -0.3 is 20.3 Å². The number of ether oxygens (including phenoxy) is 1. The predicted octanol–water partition coefficient (Wildman–Crippen LogP) is 6.56. The van der Waals surface area contributed by atoms with Gasteiger partial charge in [0.2, 0.25) is 10.0 Å². The van der Waals surface area contributed by atoms with Crippen molar-refractivity contribution in [1.82, 2.24) is 5.32 Å². The van der Waals surface area contributed by atoms with Crippen LogP contribution in [0.15, 0.2) is 115 Å². The first-order chi connectivity index (χ1) is 22.6. The van der Waals surface area contributed by atoms with Crippen molar-refractivity contribution < 1.29 is 33.0 Å². The molecule has 0 bridgehead atoms. The number of phenols is 1. The second-order valence-electron chi connectivity index (χ2n) is 11.0. The number of aromatic hydroxyl groups is 1. The van der Waals surface area contributed by atoms with Crippen LogP contribution in [0.25, 0.3) is 11.1 Å². The lowest BCUT2D eigenvalue weighted by Crippen LogP contribution is -2.22. The average molecular weight is 651 g/mol. The van der Waals surface area contributed by atoms with Gasteiger partial charge in [-0.3, -0.25) is 9.52 Å². The molecule has 9 nitrogen and oxygen atoms in total. The van der Waals surface area contributed by atoms with E-state index in [9.17, 15) is 28.2 Å². The van der Waals surface area contributed by atoms with E-state index in [1.165, 1.54) is 12.1 Å². The molecule has 1 amide bonds. The summed E-state index contributed by atoms with van der Waals surface area (Å²) in [5.41, 5.74) is 5.68. The fraction of sp³-hybridized carbons (Fsp3) is 0.135. The highest BCUT2D eigenvalue weighted by molar-refractivity contribution is 7.91. The van der Waals surface area contributed by atoms with Gasteiger partial charge in [-0.15, -0.1) is 0 Å². The molecular weight excluding hydrogens is 616 g/mol. The van der Waals surface area contributed by atoms with Gasteiger partial charge in [-0.05, 0) is 88.8 Å². The molecule has 0 spiro atoms. The summed E-state index contributed by atoms with van der Waals surface area (Å²) >= 11 is 0. The van der Waals surface area contributed by atoms with Crippen LogP contribution in [-0.4, -0.2) is 37.1 Å². The molecule has 0 unspecified atom stereocenters. The van der Waals surface area contributed by atoms with Crippen molar-refractivity contribution in [2.45, 2.75) is 25.6 Å². The van der Waals surface area contributed by atoms with Crippen LogP contribution in [0.2, 0.25) is 0 Å². The summed E-state index contributed by atoms with van der Waals surface area (Å²) in [5, 5.41) is 21.8. The smallest absolute Gasteiger partial charge is 0.335 e. The minimum absolute atomic E-state index is 0.0500. The van der Waals surface area contributed by atoms with Gasteiger partial charge in [0, 0.05) is 24.2 Å². The Balaban J connectivity index is 1.11. The third kappa shape index (κ3) is 8.99.